The second-order valence-electron chi connectivity index (χ2n) is 7.50. The highest BCUT2D eigenvalue weighted by Crippen LogP contribution is 2.26. The van der Waals surface area contributed by atoms with Gasteiger partial charge in [-0.3, -0.25) is 14.5 Å². The molecule has 0 N–H and O–H groups in total. The summed E-state index contributed by atoms with van der Waals surface area (Å²) in [7, 11) is 0. The zero-order chi connectivity index (χ0) is 22.8. The predicted octanol–water partition coefficient (Wildman–Crippen LogP) is 4.38. The molecule has 0 aliphatic rings. The van der Waals surface area contributed by atoms with Gasteiger partial charge in [0.15, 0.2) is 0 Å². The second kappa shape index (κ2) is 8.66. The molecule has 5 aromatic rings. The molecule has 0 unspecified atom stereocenters. The summed E-state index contributed by atoms with van der Waals surface area (Å²) in [5, 5.41) is 9.49. The van der Waals surface area contributed by atoms with Crippen molar-refractivity contribution < 1.29 is 9.13 Å². The first-order valence-corrected chi connectivity index (χ1v) is 10.5. The number of hydrogen-bond donors (Lipinski definition) is 0. The topological polar surface area (TPSA) is 74.8 Å². The summed E-state index contributed by atoms with van der Waals surface area (Å²) < 4.78 is 22.9. The highest BCUT2D eigenvalue weighted by molar-refractivity contribution is 5.84. The smallest absolute Gasteiger partial charge is 0.206 e. The number of aryl methyl sites for hydroxylation is 1. The fourth-order valence-corrected chi connectivity index (χ4v) is 3.51. The van der Waals surface area contributed by atoms with Crippen LogP contribution >= 0.6 is 0 Å². The number of rotatable bonds is 6. The van der Waals surface area contributed by atoms with Crippen LogP contribution in [0.3, 0.4) is 0 Å². The van der Waals surface area contributed by atoms with Crippen molar-refractivity contribution in [1.29, 1.82) is 0 Å². The SMILES string of the molecule is CCn1cc(-n2ccc(=O)c(COc3ccc4ncc(-c5cccc(F)c5)cc4c3)n2)cn1. The van der Waals surface area contributed by atoms with E-state index in [1.165, 1.54) is 18.2 Å². The number of fused-ring (bicyclic) bond motifs is 1. The Morgan fingerprint density at radius 3 is 2.76 bits per heavy atom. The number of nitrogens with zero attached hydrogens (tertiary/aromatic N) is 5. The van der Waals surface area contributed by atoms with Crippen LogP contribution in [-0.2, 0) is 13.2 Å². The summed E-state index contributed by atoms with van der Waals surface area (Å²) in [5.41, 5.74) is 3.18. The minimum Gasteiger partial charge on any atom is -0.487 e. The van der Waals surface area contributed by atoms with Gasteiger partial charge >= 0.3 is 0 Å². The molecule has 0 aliphatic heterocycles. The lowest BCUT2D eigenvalue weighted by atomic mass is 10.1. The molecular formula is C25H20FN5O2. The van der Waals surface area contributed by atoms with E-state index >= 15 is 0 Å². The molecule has 0 aliphatic carbocycles. The number of halogens is 1. The van der Waals surface area contributed by atoms with Gasteiger partial charge in [-0.2, -0.15) is 10.2 Å². The lowest BCUT2D eigenvalue weighted by molar-refractivity contribution is 0.298. The van der Waals surface area contributed by atoms with E-state index in [1.54, 1.807) is 40.1 Å². The van der Waals surface area contributed by atoms with Crippen molar-refractivity contribution in [2.45, 2.75) is 20.1 Å². The maximum Gasteiger partial charge on any atom is 0.206 e. The highest BCUT2D eigenvalue weighted by Gasteiger charge is 2.08. The first-order valence-electron chi connectivity index (χ1n) is 10.5. The van der Waals surface area contributed by atoms with Gasteiger partial charge in [0.1, 0.15) is 29.6 Å². The predicted molar refractivity (Wildman–Crippen MR) is 123 cm³/mol. The number of benzene rings is 2. The zero-order valence-corrected chi connectivity index (χ0v) is 17.9. The van der Waals surface area contributed by atoms with Crippen molar-refractivity contribution in [3.8, 4) is 22.6 Å². The van der Waals surface area contributed by atoms with Crippen LogP contribution in [0.5, 0.6) is 5.75 Å². The standard InChI is InChI=1S/C25H20FN5O2/c1-2-30-15-21(14-28-30)31-9-8-25(32)24(29-31)16-33-22-6-7-23-18(12-22)10-19(13-27-23)17-4-3-5-20(26)11-17/h3-15H,2,16H2,1H3. The second-order valence-corrected chi connectivity index (χ2v) is 7.50. The third-order valence-corrected chi connectivity index (χ3v) is 5.27. The van der Waals surface area contributed by atoms with E-state index in [-0.39, 0.29) is 23.5 Å². The molecule has 0 spiro atoms. The van der Waals surface area contributed by atoms with Crippen molar-refractivity contribution in [3.05, 3.63) is 101 Å². The molecule has 164 valence electrons. The van der Waals surface area contributed by atoms with Gasteiger partial charge in [-0.25, -0.2) is 9.07 Å². The Labute approximate surface area is 188 Å². The van der Waals surface area contributed by atoms with E-state index in [4.69, 9.17) is 4.74 Å². The van der Waals surface area contributed by atoms with Gasteiger partial charge in [0.05, 0.1) is 17.9 Å². The van der Waals surface area contributed by atoms with E-state index in [0.29, 0.717) is 5.75 Å². The Hall–Kier alpha value is -4.33. The third kappa shape index (κ3) is 4.36. The highest BCUT2D eigenvalue weighted by atomic mass is 19.1. The van der Waals surface area contributed by atoms with Crippen molar-refractivity contribution >= 4 is 10.9 Å². The van der Waals surface area contributed by atoms with Crippen LogP contribution in [0.4, 0.5) is 4.39 Å². The summed E-state index contributed by atoms with van der Waals surface area (Å²) >= 11 is 0. The quantitative estimate of drug-likeness (QED) is 0.391. The molecular weight excluding hydrogens is 421 g/mol. The summed E-state index contributed by atoms with van der Waals surface area (Å²) in [6.45, 7) is 2.76. The van der Waals surface area contributed by atoms with Crippen molar-refractivity contribution in [1.82, 2.24) is 24.5 Å². The average molecular weight is 441 g/mol. The molecule has 0 saturated carbocycles. The lowest BCUT2D eigenvalue weighted by Gasteiger charge is -2.09. The molecule has 33 heavy (non-hydrogen) atoms. The van der Waals surface area contributed by atoms with E-state index in [9.17, 15) is 9.18 Å². The summed E-state index contributed by atoms with van der Waals surface area (Å²) in [4.78, 5) is 16.8. The average Bonchev–Trinajstić information content (AvgIpc) is 3.32. The lowest BCUT2D eigenvalue weighted by Crippen LogP contribution is -2.17. The summed E-state index contributed by atoms with van der Waals surface area (Å²) in [6.07, 6.45) is 6.87. The van der Waals surface area contributed by atoms with Crippen LogP contribution in [0, 0.1) is 5.82 Å². The maximum atomic E-state index is 13.6. The fraction of sp³-hybridized carbons (Fsp3) is 0.120. The maximum absolute atomic E-state index is 13.6. The monoisotopic (exact) mass is 441 g/mol. The molecule has 7 nitrogen and oxygen atoms in total. The van der Waals surface area contributed by atoms with E-state index in [0.717, 1.165) is 34.3 Å². The number of hydrogen-bond acceptors (Lipinski definition) is 5. The summed E-state index contributed by atoms with van der Waals surface area (Å²) in [6, 6.07) is 15.3. The van der Waals surface area contributed by atoms with Gasteiger partial charge in [-0.05, 0) is 48.9 Å². The molecule has 3 aromatic heterocycles. The van der Waals surface area contributed by atoms with Crippen LogP contribution in [-0.4, -0.2) is 24.5 Å². The normalized spacial score (nSPS) is 11.1. The molecule has 0 saturated heterocycles. The molecule has 2 aromatic carbocycles. The molecule has 3 heterocycles. The first kappa shape index (κ1) is 20.6. The van der Waals surface area contributed by atoms with Crippen molar-refractivity contribution in [2.24, 2.45) is 0 Å². The van der Waals surface area contributed by atoms with Crippen LogP contribution in [0.2, 0.25) is 0 Å². The molecule has 8 heteroatoms. The molecule has 0 fully saturated rings. The van der Waals surface area contributed by atoms with Crippen molar-refractivity contribution in [2.75, 3.05) is 0 Å². The van der Waals surface area contributed by atoms with Crippen molar-refractivity contribution in [3.63, 3.8) is 0 Å². The Kier molecular flexibility index (Phi) is 5.40. The summed E-state index contributed by atoms with van der Waals surface area (Å²) in [5.74, 6) is 0.281. The molecule has 5 rings (SSSR count). The van der Waals surface area contributed by atoms with Gasteiger partial charge in [0.25, 0.3) is 0 Å². The zero-order valence-electron chi connectivity index (χ0n) is 17.9. The van der Waals surface area contributed by atoms with Crippen LogP contribution in [0.1, 0.15) is 12.6 Å². The number of pyridine rings is 1. The van der Waals surface area contributed by atoms with E-state index < -0.39 is 0 Å². The van der Waals surface area contributed by atoms with Crippen LogP contribution in [0.25, 0.3) is 27.7 Å². The van der Waals surface area contributed by atoms with Gasteiger partial charge in [0.2, 0.25) is 5.43 Å². The largest absolute Gasteiger partial charge is 0.487 e. The molecule has 0 radical (unpaired) electrons. The number of ether oxygens (including phenoxy) is 1. The van der Waals surface area contributed by atoms with Gasteiger partial charge < -0.3 is 4.74 Å². The molecule has 0 amide bonds. The Morgan fingerprint density at radius 1 is 1.03 bits per heavy atom. The minimum absolute atomic E-state index is 0.0180. The van der Waals surface area contributed by atoms with Crippen LogP contribution < -0.4 is 10.2 Å². The van der Waals surface area contributed by atoms with Crippen LogP contribution in [0.15, 0.2) is 84.2 Å². The van der Waals surface area contributed by atoms with Gasteiger partial charge in [0, 0.05) is 36.0 Å². The fourth-order valence-electron chi connectivity index (χ4n) is 3.51. The van der Waals surface area contributed by atoms with E-state index in [2.05, 4.69) is 15.2 Å². The molecule has 0 bridgehead atoms. The molecule has 0 atom stereocenters. The third-order valence-electron chi connectivity index (χ3n) is 5.27. The first-order chi connectivity index (χ1) is 16.1. The minimum atomic E-state index is -0.298. The Bertz CT molecular complexity index is 1510. The van der Waals surface area contributed by atoms with Gasteiger partial charge in [-0.1, -0.05) is 12.1 Å². The van der Waals surface area contributed by atoms with E-state index in [1.807, 2.05) is 37.4 Å². The van der Waals surface area contributed by atoms with Gasteiger partial charge in [-0.15, -0.1) is 0 Å². The Morgan fingerprint density at radius 2 is 1.94 bits per heavy atom. The Balaban J connectivity index is 1.39. The number of aromatic nitrogens is 5.